The predicted molar refractivity (Wildman–Crippen MR) is 94.2 cm³/mol. The summed E-state index contributed by atoms with van der Waals surface area (Å²) >= 11 is 0. The van der Waals surface area contributed by atoms with Gasteiger partial charge in [-0.25, -0.2) is 0 Å². The van der Waals surface area contributed by atoms with E-state index in [0.29, 0.717) is 0 Å². The van der Waals surface area contributed by atoms with Gasteiger partial charge in [0.25, 0.3) is 0 Å². The number of methoxy groups -OCH3 is 2. The summed E-state index contributed by atoms with van der Waals surface area (Å²) < 4.78 is 10.6. The summed E-state index contributed by atoms with van der Waals surface area (Å²) in [6.07, 6.45) is 0. The molecule has 0 radical (unpaired) electrons. The number of benzene rings is 3. The average Bonchev–Trinajstić information content (AvgIpc) is 2.64. The summed E-state index contributed by atoms with van der Waals surface area (Å²) in [5.41, 5.74) is 3.19. The minimum Gasteiger partial charge on any atom is -0.497 e. The fraction of sp³-hybridized carbons (Fsp3) is 0.100. The van der Waals surface area contributed by atoms with Crippen LogP contribution in [0.3, 0.4) is 0 Å². The maximum Gasteiger partial charge on any atom is 0.120 e. The first kappa shape index (κ1) is 15.0. The molecule has 0 N–H and O–H groups in total. The molecule has 0 saturated carbocycles. The molecule has 3 aromatic rings. The van der Waals surface area contributed by atoms with E-state index in [9.17, 15) is 0 Å². The lowest BCUT2D eigenvalue weighted by molar-refractivity contribution is 0.414. The van der Waals surface area contributed by atoms with Gasteiger partial charge >= 0.3 is 0 Å². The fourth-order valence-electron chi connectivity index (χ4n) is 2.51. The number of anilines is 3. The van der Waals surface area contributed by atoms with Gasteiger partial charge < -0.3 is 14.4 Å². The van der Waals surface area contributed by atoms with Gasteiger partial charge in [-0.05, 0) is 48.5 Å². The molecule has 3 nitrogen and oxygen atoms in total. The Kier molecular flexibility index (Phi) is 4.48. The highest BCUT2D eigenvalue weighted by Gasteiger charge is 2.12. The molecule has 3 rings (SSSR count). The van der Waals surface area contributed by atoms with Gasteiger partial charge in [0, 0.05) is 23.1 Å². The molecule has 0 saturated heterocycles. The van der Waals surface area contributed by atoms with Crippen molar-refractivity contribution < 1.29 is 9.47 Å². The van der Waals surface area contributed by atoms with Crippen LogP contribution in [0.4, 0.5) is 17.1 Å². The smallest absolute Gasteiger partial charge is 0.120 e. The second-order valence-corrected chi connectivity index (χ2v) is 5.07. The van der Waals surface area contributed by atoms with E-state index < -0.39 is 0 Å². The lowest BCUT2D eigenvalue weighted by Gasteiger charge is -2.25. The van der Waals surface area contributed by atoms with Crippen LogP contribution in [0.1, 0.15) is 0 Å². The Hall–Kier alpha value is -2.94. The van der Waals surface area contributed by atoms with Crippen LogP contribution in [0.2, 0.25) is 0 Å². The molecular weight excluding hydrogens is 286 g/mol. The second-order valence-electron chi connectivity index (χ2n) is 5.07. The molecule has 0 heterocycles. The number of hydrogen-bond acceptors (Lipinski definition) is 3. The van der Waals surface area contributed by atoms with Crippen molar-refractivity contribution in [2.24, 2.45) is 0 Å². The van der Waals surface area contributed by atoms with Crippen molar-refractivity contribution in [2.45, 2.75) is 0 Å². The van der Waals surface area contributed by atoms with E-state index in [1.165, 1.54) is 0 Å². The largest absolute Gasteiger partial charge is 0.497 e. The number of rotatable bonds is 5. The van der Waals surface area contributed by atoms with Crippen LogP contribution in [-0.2, 0) is 0 Å². The molecular formula is C20H19NO2. The zero-order chi connectivity index (χ0) is 16.1. The quantitative estimate of drug-likeness (QED) is 0.649. The Morgan fingerprint density at radius 2 is 1.17 bits per heavy atom. The molecule has 3 aromatic carbocycles. The number of hydrogen-bond donors (Lipinski definition) is 0. The third-order valence-electron chi connectivity index (χ3n) is 3.66. The predicted octanol–water partition coefficient (Wildman–Crippen LogP) is 5.17. The van der Waals surface area contributed by atoms with Crippen LogP contribution in [0.5, 0.6) is 11.5 Å². The van der Waals surface area contributed by atoms with Gasteiger partial charge in [-0.3, -0.25) is 0 Å². The minimum absolute atomic E-state index is 0.831. The molecule has 0 fully saturated rings. The Morgan fingerprint density at radius 3 is 1.83 bits per heavy atom. The molecule has 116 valence electrons. The van der Waals surface area contributed by atoms with Crippen molar-refractivity contribution in [3.05, 3.63) is 78.9 Å². The molecule has 0 aliphatic rings. The van der Waals surface area contributed by atoms with Crippen molar-refractivity contribution in [2.75, 3.05) is 19.1 Å². The molecule has 0 amide bonds. The monoisotopic (exact) mass is 305 g/mol. The third kappa shape index (κ3) is 3.29. The highest BCUT2D eigenvalue weighted by molar-refractivity contribution is 5.77. The average molecular weight is 305 g/mol. The van der Waals surface area contributed by atoms with Crippen LogP contribution in [0.15, 0.2) is 78.9 Å². The van der Waals surface area contributed by atoms with Crippen molar-refractivity contribution in [3.63, 3.8) is 0 Å². The zero-order valence-corrected chi connectivity index (χ0v) is 13.3. The molecule has 23 heavy (non-hydrogen) atoms. The standard InChI is InChI=1S/C20H19NO2/c1-22-19-13-11-17(12-14-19)21(16-7-4-3-5-8-16)18-9-6-10-20(15-18)23-2/h3-15H,1-2H3. The van der Waals surface area contributed by atoms with E-state index >= 15 is 0 Å². The zero-order valence-electron chi connectivity index (χ0n) is 13.3. The van der Waals surface area contributed by atoms with E-state index in [0.717, 1.165) is 28.6 Å². The summed E-state index contributed by atoms with van der Waals surface area (Å²) in [6.45, 7) is 0. The molecule has 0 aliphatic heterocycles. The van der Waals surface area contributed by atoms with Crippen molar-refractivity contribution in [1.82, 2.24) is 0 Å². The normalized spacial score (nSPS) is 10.2. The van der Waals surface area contributed by atoms with E-state index in [1.54, 1.807) is 14.2 Å². The van der Waals surface area contributed by atoms with Gasteiger partial charge in [0.1, 0.15) is 11.5 Å². The summed E-state index contributed by atoms with van der Waals surface area (Å²) in [4.78, 5) is 2.18. The second kappa shape index (κ2) is 6.88. The van der Waals surface area contributed by atoms with Crippen LogP contribution in [-0.4, -0.2) is 14.2 Å². The SMILES string of the molecule is COc1ccc(N(c2ccccc2)c2cccc(OC)c2)cc1. The van der Waals surface area contributed by atoms with Gasteiger partial charge in [-0.15, -0.1) is 0 Å². The lowest BCUT2D eigenvalue weighted by atomic mass is 10.2. The highest BCUT2D eigenvalue weighted by atomic mass is 16.5. The summed E-state index contributed by atoms with van der Waals surface area (Å²) in [7, 11) is 3.35. The molecule has 0 aliphatic carbocycles. The van der Waals surface area contributed by atoms with Crippen LogP contribution in [0.25, 0.3) is 0 Å². The summed E-state index contributed by atoms with van der Waals surface area (Å²) in [6, 6.07) is 26.3. The van der Waals surface area contributed by atoms with Gasteiger partial charge in [-0.2, -0.15) is 0 Å². The van der Waals surface area contributed by atoms with Crippen molar-refractivity contribution in [1.29, 1.82) is 0 Å². The first-order valence-corrected chi connectivity index (χ1v) is 7.45. The maximum absolute atomic E-state index is 5.37. The summed E-state index contributed by atoms with van der Waals surface area (Å²) in [5.74, 6) is 1.67. The highest BCUT2D eigenvalue weighted by Crippen LogP contribution is 2.36. The van der Waals surface area contributed by atoms with Crippen LogP contribution in [0, 0.1) is 0 Å². The van der Waals surface area contributed by atoms with E-state index in [1.807, 2.05) is 60.7 Å². The third-order valence-corrected chi connectivity index (χ3v) is 3.66. The van der Waals surface area contributed by atoms with Crippen LogP contribution < -0.4 is 14.4 Å². The molecule has 0 bridgehead atoms. The number of para-hydroxylation sites is 1. The number of ether oxygens (including phenoxy) is 2. The minimum atomic E-state index is 0.831. The van der Waals surface area contributed by atoms with Gasteiger partial charge in [0.2, 0.25) is 0 Å². The fourth-order valence-corrected chi connectivity index (χ4v) is 2.51. The first-order valence-electron chi connectivity index (χ1n) is 7.45. The van der Waals surface area contributed by atoms with Gasteiger partial charge in [0.15, 0.2) is 0 Å². The Labute approximate surface area is 136 Å². The topological polar surface area (TPSA) is 21.7 Å². The van der Waals surface area contributed by atoms with Gasteiger partial charge in [0.05, 0.1) is 14.2 Å². The van der Waals surface area contributed by atoms with Crippen LogP contribution >= 0.6 is 0 Å². The van der Waals surface area contributed by atoms with E-state index in [2.05, 4.69) is 23.1 Å². The van der Waals surface area contributed by atoms with Crippen molar-refractivity contribution in [3.8, 4) is 11.5 Å². The Bertz CT molecular complexity index is 754. The molecule has 0 spiro atoms. The number of nitrogens with zero attached hydrogens (tertiary/aromatic N) is 1. The Balaban J connectivity index is 2.09. The van der Waals surface area contributed by atoms with Gasteiger partial charge in [-0.1, -0.05) is 24.3 Å². The molecule has 0 unspecified atom stereocenters. The first-order chi connectivity index (χ1) is 11.3. The van der Waals surface area contributed by atoms with E-state index in [4.69, 9.17) is 9.47 Å². The lowest BCUT2D eigenvalue weighted by Crippen LogP contribution is -2.09. The molecule has 0 aromatic heterocycles. The van der Waals surface area contributed by atoms with E-state index in [-0.39, 0.29) is 0 Å². The van der Waals surface area contributed by atoms with Crippen molar-refractivity contribution >= 4 is 17.1 Å². The summed E-state index contributed by atoms with van der Waals surface area (Å²) in [5, 5.41) is 0. The molecule has 0 atom stereocenters. The Morgan fingerprint density at radius 1 is 0.565 bits per heavy atom. The molecule has 3 heteroatoms. The maximum atomic E-state index is 5.37.